The summed E-state index contributed by atoms with van der Waals surface area (Å²) in [4.78, 5) is 30.6. The van der Waals surface area contributed by atoms with Gasteiger partial charge in [-0.1, -0.05) is 51.0 Å². The molecule has 4 aromatic carbocycles. The zero-order valence-corrected chi connectivity index (χ0v) is 31.4. The molecule has 1 fully saturated rings. The molecule has 2 amide bonds. The van der Waals surface area contributed by atoms with Crippen LogP contribution in [0.3, 0.4) is 0 Å². The molecular weight excluding hydrogens is 727 g/mol. The highest BCUT2D eigenvalue weighted by Crippen LogP contribution is 2.46. The molecule has 1 aliphatic carbocycles. The number of aliphatic hydroxyl groups is 1. The molecule has 0 radical (unpaired) electrons. The number of amides is 2. The number of nitrogens with one attached hydrogen (secondary N) is 2. The van der Waals surface area contributed by atoms with Crippen LogP contribution < -0.4 is 10.6 Å². The number of rotatable bonds is 15. The average Bonchev–Trinajstić information content (AvgIpc) is 3.97. The SMILES string of the molecule is CCCC(CCC)N1CCc2c(C(=O)N[C@@H](Cc3cc(F)cc(F)c3)[C@@H](O)CNC3(c4cccc(C(F)(F)F)c4)CC3)cc(-c3cccc(C#N)c3)cc2C1=O. The lowest BCUT2D eigenvalue weighted by Gasteiger charge is -2.36. The van der Waals surface area contributed by atoms with Crippen LogP contribution in [0.1, 0.15) is 101 Å². The predicted molar refractivity (Wildman–Crippen MR) is 203 cm³/mol. The molecule has 2 atom stereocenters. The maximum Gasteiger partial charge on any atom is 0.416 e. The number of carbonyl (C=O) groups is 2. The summed E-state index contributed by atoms with van der Waals surface area (Å²) >= 11 is 0. The van der Waals surface area contributed by atoms with E-state index in [1.807, 2.05) is 4.90 Å². The monoisotopic (exact) mass is 772 g/mol. The second kappa shape index (κ2) is 16.9. The van der Waals surface area contributed by atoms with E-state index in [9.17, 15) is 41.9 Å². The molecule has 1 heterocycles. The van der Waals surface area contributed by atoms with Gasteiger partial charge in [-0.25, -0.2) is 8.78 Å². The number of aliphatic hydroxyl groups excluding tert-OH is 1. The van der Waals surface area contributed by atoms with Crippen LogP contribution in [0.15, 0.2) is 78.9 Å². The summed E-state index contributed by atoms with van der Waals surface area (Å²) < 4.78 is 69.3. The van der Waals surface area contributed by atoms with Crippen molar-refractivity contribution in [1.82, 2.24) is 15.5 Å². The average molecular weight is 773 g/mol. The first-order valence-electron chi connectivity index (χ1n) is 19.1. The second-order valence-corrected chi connectivity index (χ2v) is 14.9. The van der Waals surface area contributed by atoms with Gasteiger partial charge in [0.25, 0.3) is 11.8 Å². The molecule has 0 spiro atoms. The summed E-state index contributed by atoms with van der Waals surface area (Å²) in [6.45, 7) is 4.38. The number of hydrogen-bond acceptors (Lipinski definition) is 5. The highest BCUT2D eigenvalue weighted by atomic mass is 19.4. The fourth-order valence-corrected chi connectivity index (χ4v) is 7.87. The van der Waals surface area contributed by atoms with Crippen molar-refractivity contribution < 1.29 is 36.6 Å². The zero-order valence-electron chi connectivity index (χ0n) is 31.4. The molecule has 0 saturated heterocycles. The molecule has 7 nitrogen and oxygen atoms in total. The van der Waals surface area contributed by atoms with Crippen LogP contribution in [0, 0.1) is 23.0 Å². The van der Waals surface area contributed by atoms with Crippen molar-refractivity contribution in [2.24, 2.45) is 0 Å². The van der Waals surface area contributed by atoms with E-state index >= 15 is 0 Å². The Hall–Kier alpha value is -5.12. The number of hydrogen-bond donors (Lipinski definition) is 3. The number of nitrogens with zero attached hydrogens (tertiary/aromatic N) is 2. The second-order valence-electron chi connectivity index (χ2n) is 14.9. The third kappa shape index (κ3) is 9.11. The van der Waals surface area contributed by atoms with Crippen LogP contribution >= 0.6 is 0 Å². The van der Waals surface area contributed by atoms with Crippen LogP contribution in [0.2, 0.25) is 0 Å². The summed E-state index contributed by atoms with van der Waals surface area (Å²) in [5.74, 6) is -2.51. The van der Waals surface area contributed by atoms with Crippen molar-refractivity contribution in [2.75, 3.05) is 13.1 Å². The molecular formula is C44H45F5N4O3. The molecule has 3 N–H and O–H groups in total. The normalized spacial score (nSPS) is 15.9. The zero-order chi connectivity index (χ0) is 40.2. The highest BCUT2D eigenvalue weighted by molar-refractivity contribution is 6.05. The number of benzene rings is 4. The highest BCUT2D eigenvalue weighted by Gasteiger charge is 2.45. The third-order valence-electron chi connectivity index (χ3n) is 10.9. The van der Waals surface area contributed by atoms with Crippen LogP contribution in [0.4, 0.5) is 22.0 Å². The summed E-state index contributed by atoms with van der Waals surface area (Å²) in [5.41, 5.74) is 1.58. The minimum absolute atomic E-state index is 0.0258. The first-order chi connectivity index (χ1) is 26.7. The standard InChI is InChI=1S/C44H45F5N4O3/c1-3-7-35(8-4-2)53-16-13-36-37(21-30(22-38(36)42(53)56)29-10-5-9-27(17-29)25-50)41(55)52-39(20-28-18-33(45)24-34(46)19-28)40(54)26-51-43(14-15-43)31-11-6-12-32(23-31)44(47,48)49/h5-6,9-12,17-19,21-24,35,39-40,51,54H,3-4,7-8,13-16,20,26H2,1-2H3,(H,52,55)/t39-,40-/m0/s1. The van der Waals surface area contributed by atoms with E-state index in [-0.39, 0.29) is 36.0 Å². The quantitative estimate of drug-likeness (QED) is 0.105. The van der Waals surface area contributed by atoms with Gasteiger partial charge in [-0.15, -0.1) is 0 Å². The van der Waals surface area contributed by atoms with Gasteiger partial charge in [0.15, 0.2) is 0 Å². The van der Waals surface area contributed by atoms with E-state index in [0.29, 0.717) is 65.3 Å². The largest absolute Gasteiger partial charge is 0.416 e. The molecule has 0 unspecified atom stereocenters. The predicted octanol–water partition coefficient (Wildman–Crippen LogP) is 8.47. The smallest absolute Gasteiger partial charge is 0.390 e. The Balaban J connectivity index is 1.34. The maximum atomic E-state index is 14.5. The Morgan fingerprint density at radius 2 is 1.64 bits per heavy atom. The van der Waals surface area contributed by atoms with E-state index in [4.69, 9.17) is 0 Å². The Kier molecular flexibility index (Phi) is 12.3. The lowest BCUT2D eigenvalue weighted by Crippen LogP contribution is -2.50. The number of halogens is 5. The van der Waals surface area contributed by atoms with Crippen molar-refractivity contribution >= 4 is 11.8 Å². The summed E-state index contributed by atoms with van der Waals surface area (Å²) in [7, 11) is 0. The number of nitriles is 1. The number of fused-ring (bicyclic) bond motifs is 1. The Morgan fingerprint density at radius 3 is 2.29 bits per heavy atom. The van der Waals surface area contributed by atoms with Gasteiger partial charge in [-0.3, -0.25) is 9.59 Å². The third-order valence-corrected chi connectivity index (χ3v) is 10.9. The van der Waals surface area contributed by atoms with Crippen LogP contribution in [-0.2, 0) is 24.6 Å². The first-order valence-corrected chi connectivity index (χ1v) is 19.1. The molecule has 56 heavy (non-hydrogen) atoms. The van der Waals surface area contributed by atoms with Crippen molar-refractivity contribution in [3.8, 4) is 17.2 Å². The minimum atomic E-state index is -4.54. The molecule has 1 saturated carbocycles. The summed E-state index contributed by atoms with van der Waals surface area (Å²) in [6, 6.07) is 19.2. The van der Waals surface area contributed by atoms with Crippen molar-refractivity contribution in [3.05, 3.63) is 129 Å². The molecule has 6 rings (SSSR count). The van der Waals surface area contributed by atoms with Crippen LogP contribution in [-0.4, -0.2) is 53.1 Å². The Bertz CT molecular complexity index is 2100. The van der Waals surface area contributed by atoms with E-state index in [2.05, 4.69) is 30.6 Å². The first kappa shape index (κ1) is 40.5. The van der Waals surface area contributed by atoms with E-state index in [1.54, 1.807) is 42.5 Å². The van der Waals surface area contributed by atoms with Crippen molar-refractivity contribution in [3.63, 3.8) is 0 Å². The van der Waals surface area contributed by atoms with Gasteiger partial charge in [0.2, 0.25) is 0 Å². The van der Waals surface area contributed by atoms with Gasteiger partial charge < -0.3 is 20.6 Å². The molecule has 2 aliphatic rings. The lowest BCUT2D eigenvalue weighted by atomic mass is 9.87. The summed E-state index contributed by atoms with van der Waals surface area (Å²) in [6.07, 6.45) is -1.22. The maximum absolute atomic E-state index is 14.5. The van der Waals surface area contributed by atoms with Gasteiger partial charge in [-0.05, 0) is 115 Å². The van der Waals surface area contributed by atoms with Gasteiger partial charge >= 0.3 is 6.18 Å². The van der Waals surface area contributed by atoms with Crippen LogP contribution in [0.5, 0.6) is 0 Å². The van der Waals surface area contributed by atoms with Crippen LogP contribution in [0.25, 0.3) is 11.1 Å². The van der Waals surface area contributed by atoms with Gasteiger partial charge in [0.1, 0.15) is 11.6 Å². The molecule has 0 aromatic heterocycles. The fourth-order valence-electron chi connectivity index (χ4n) is 7.87. The Labute approximate surface area is 323 Å². The molecule has 0 bridgehead atoms. The van der Waals surface area contributed by atoms with E-state index < -0.39 is 47.0 Å². The van der Waals surface area contributed by atoms with E-state index in [1.165, 1.54) is 6.07 Å². The fraction of sp³-hybridized carbons (Fsp3) is 0.386. The minimum Gasteiger partial charge on any atom is -0.390 e. The van der Waals surface area contributed by atoms with Gasteiger partial charge in [0.05, 0.1) is 29.3 Å². The van der Waals surface area contributed by atoms with Gasteiger partial charge in [-0.2, -0.15) is 18.4 Å². The number of alkyl halides is 3. The Morgan fingerprint density at radius 1 is 0.946 bits per heavy atom. The molecule has 12 heteroatoms. The molecule has 294 valence electrons. The van der Waals surface area contributed by atoms with E-state index in [0.717, 1.165) is 49.9 Å². The molecule has 1 aliphatic heterocycles. The topological polar surface area (TPSA) is 105 Å². The van der Waals surface area contributed by atoms with Gasteiger partial charge in [0, 0.05) is 41.9 Å². The van der Waals surface area contributed by atoms with Crippen molar-refractivity contribution in [1.29, 1.82) is 5.26 Å². The molecule has 4 aromatic rings. The summed E-state index contributed by atoms with van der Waals surface area (Å²) in [5, 5.41) is 27.4. The lowest BCUT2D eigenvalue weighted by molar-refractivity contribution is -0.137. The number of carbonyl (C=O) groups excluding carboxylic acids is 2. The van der Waals surface area contributed by atoms with Crippen molar-refractivity contribution in [2.45, 2.75) is 95.1 Å².